The van der Waals surface area contributed by atoms with Gasteiger partial charge in [-0.05, 0) is 53.9 Å². The number of nitrogens with zero attached hydrogens (tertiary/aromatic N) is 1. The fourth-order valence-electron chi connectivity index (χ4n) is 6.08. The van der Waals surface area contributed by atoms with Crippen LogP contribution in [0.1, 0.15) is 49.1 Å². The third-order valence-corrected chi connectivity index (χ3v) is 7.91. The lowest BCUT2D eigenvalue weighted by Gasteiger charge is -2.34. The van der Waals surface area contributed by atoms with Crippen molar-refractivity contribution in [1.29, 1.82) is 0 Å². The normalized spacial score (nSPS) is 23.4. The van der Waals surface area contributed by atoms with E-state index < -0.39 is 18.0 Å². The van der Waals surface area contributed by atoms with Crippen LogP contribution in [0.25, 0.3) is 11.1 Å². The van der Waals surface area contributed by atoms with Crippen molar-refractivity contribution in [1.82, 2.24) is 10.2 Å². The van der Waals surface area contributed by atoms with E-state index in [0.29, 0.717) is 19.5 Å². The zero-order chi connectivity index (χ0) is 24.4. The number of carbonyl (C=O) groups excluding carboxylic acids is 2. The van der Waals surface area contributed by atoms with Crippen LogP contribution in [0.15, 0.2) is 48.5 Å². The summed E-state index contributed by atoms with van der Waals surface area (Å²) in [5.74, 6) is -1.39. The summed E-state index contributed by atoms with van der Waals surface area (Å²) in [4.78, 5) is 38.8. The zero-order valence-corrected chi connectivity index (χ0v) is 19.8. The molecule has 5 rings (SSSR count). The third-order valence-electron chi connectivity index (χ3n) is 7.91. The highest BCUT2D eigenvalue weighted by molar-refractivity contribution is 5.81. The number of nitrogens with one attached hydrogen (secondary N) is 1. The highest BCUT2D eigenvalue weighted by Gasteiger charge is 2.38. The lowest BCUT2D eigenvalue weighted by molar-refractivity contribution is -0.147. The monoisotopic (exact) mass is 476 g/mol. The number of hydrogen-bond acceptors (Lipinski definition) is 4. The number of fused-ring (bicyclic) bond motifs is 3. The van der Waals surface area contributed by atoms with Crippen LogP contribution in [0, 0.1) is 17.8 Å². The van der Waals surface area contributed by atoms with E-state index in [4.69, 9.17) is 4.74 Å². The SMILES string of the molecule is O=C(NC[C@H]1CCC[C@H]1C(=O)N1CCCC(C(=O)O)C1)OCC1c2ccccc2-c2ccccc21. The van der Waals surface area contributed by atoms with Gasteiger partial charge in [-0.2, -0.15) is 0 Å². The van der Waals surface area contributed by atoms with Crippen molar-refractivity contribution < 1.29 is 24.2 Å². The fourth-order valence-corrected chi connectivity index (χ4v) is 6.08. The molecule has 184 valence electrons. The molecule has 0 bridgehead atoms. The molecule has 1 unspecified atom stereocenters. The molecule has 7 heteroatoms. The molecule has 1 saturated heterocycles. The number of hydrogen-bond donors (Lipinski definition) is 2. The Morgan fingerprint density at radius 2 is 1.63 bits per heavy atom. The minimum atomic E-state index is -0.831. The molecule has 0 spiro atoms. The van der Waals surface area contributed by atoms with Crippen LogP contribution in [0.3, 0.4) is 0 Å². The largest absolute Gasteiger partial charge is 0.481 e. The molecule has 3 aliphatic rings. The van der Waals surface area contributed by atoms with Gasteiger partial charge in [0.05, 0.1) is 5.92 Å². The summed E-state index contributed by atoms with van der Waals surface area (Å²) < 4.78 is 5.64. The fraction of sp³-hybridized carbons (Fsp3) is 0.464. The molecule has 2 aromatic rings. The summed E-state index contributed by atoms with van der Waals surface area (Å²) in [6, 6.07) is 16.5. The molecule has 2 fully saturated rings. The van der Waals surface area contributed by atoms with Crippen molar-refractivity contribution in [2.45, 2.75) is 38.0 Å². The van der Waals surface area contributed by atoms with Crippen molar-refractivity contribution in [2.75, 3.05) is 26.2 Å². The number of rotatable bonds is 6. The Morgan fingerprint density at radius 1 is 0.943 bits per heavy atom. The summed E-state index contributed by atoms with van der Waals surface area (Å²) in [7, 11) is 0. The van der Waals surface area contributed by atoms with Crippen molar-refractivity contribution in [3.8, 4) is 11.1 Å². The van der Waals surface area contributed by atoms with Gasteiger partial charge in [-0.1, -0.05) is 55.0 Å². The Labute approximate surface area is 205 Å². The Hall–Kier alpha value is -3.35. The van der Waals surface area contributed by atoms with E-state index in [1.54, 1.807) is 4.90 Å². The molecule has 2 N–H and O–H groups in total. The number of carboxylic acids is 1. The summed E-state index contributed by atoms with van der Waals surface area (Å²) in [5, 5.41) is 12.2. The topological polar surface area (TPSA) is 95.9 Å². The molecule has 35 heavy (non-hydrogen) atoms. The first-order chi connectivity index (χ1) is 17.0. The second kappa shape index (κ2) is 10.1. The smallest absolute Gasteiger partial charge is 0.407 e. The molecule has 2 amide bonds. The van der Waals surface area contributed by atoms with E-state index in [-0.39, 0.29) is 36.8 Å². The second-order valence-corrected chi connectivity index (χ2v) is 9.97. The molecular formula is C28H32N2O5. The first-order valence-corrected chi connectivity index (χ1v) is 12.6. The molecule has 2 aromatic carbocycles. The van der Waals surface area contributed by atoms with Crippen molar-refractivity contribution in [2.24, 2.45) is 17.8 Å². The maximum Gasteiger partial charge on any atom is 0.407 e. The molecule has 0 aromatic heterocycles. The van der Waals surface area contributed by atoms with E-state index in [9.17, 15) is 19.5 Å². The van der Waals surface area contributed by atoms with Gasteiger partial charge in [-0.25, -0.2) is 4.79 Å². The van der Waals surface area contributed by atoms with Crippen LogP contribution in [-0.4, -0.2) is 54.2 Å². The molecule has 0 radical (unpaired) electrons. The summed E-state index contributed by atoms with van der Waals surface area (Å²) in [5.41, 5.74) is 4.72. The van der Waals surface area contributed by atoms with Gasteiger partial charge in [0, 0.05) is 31.5 Å². The first-order valence-electron chi connectivity index (χ1n) is 12.6. The highest BCUT2D eigenvalue weighted by Crippen LogP contribution is 2.44. The van der Waals surface area contributed by atoms with E-state index in [0.717, 1.165) is 25.7 Å². The average molecular weight is 477 g/mol. The Kier molecular flexibility index (Phi) is 6.75. The van der Waals surface area contributed by atoms with Gasteiger partial charge < -0.3 is 20.1 Å². The van der Waals surface area contributed by atoms with Gasteiger partial charge in [-0.3, -0.25) is 9.59 Å². The number of piperidine rings is 1. The predicted octanol–water partition coefficient (Wildman–Crippen LogP) is 4.26. The Morgan fingerprint density at radius 3 is 2.31 bits per heavy atom. The number of carboxylic acid groups (broad SMARTS) is 1. The van der Waals surface area contributed by atoms with Gasteiger partial charge in [0.2, 0.25) is 5.91 Å². The van der Waals surface area contributed by atoms with E-state index in [1.807, 2.05) is 24.3 Å². The van der Waals surface area contributed by atoms with Crippen molar-refractivity contribution in [3.05, 3.63) is 59.7 Å². The van der Waals surface area contributed by atoms with Crippen LogP contribution in [0.5, 0.6) is 0 Å². The third kappa shape index (κ3) is 4.77. The van der Waals surface area contributed by atoms with E-state index >= 15 is 0 Å². The Balaban J connectivity index is 1.15. The maximum atomic E-state index is 13.1. The average Bonchev–Trinajstić information content (AvgIpc) is 3.48. The maximum absolute atomic E-state index is 13.1. The Bertz CT molecular complexity index is 1070. The molecule has 3 atom stereocenters. The number of alkyl carbamates (subject to hydrolysis) is 1. The van der Waals surface area contributed by atoms with Gasteiger partial charge in [0.25, 0.3) is 0 Å². The van der Waals surface area contributed by atoms with Gasteiger partial charge in [0.15, 0.2) is 0 Å². The van der Waals surface area contributed by atoms with Crippen molar-refractivity contribution >= 4 is 18.0 Å². The lowest BCUT2D eigenvalue weighted by Crippen LogP contribution is -2.46. The summed E-state index contributed by atoms with van der Waals surface area (Å²) in [6.45, 7) is 1.56. The molecule has 7 nitrogen and oxygen atoms in total. The van der Waals surface area contributed by atoms with Crippen LogP contribution in [0.2, 0.25) is 0 Å². The molecule has 1 saturated carbocycles. The predicted molar refractivity (Wildman–Crippen MR) is 131 cm³/mol. The lowest BCUT2D eigenvalue weighted by atomic mass is 9.92. The zero-order valence-electron chi connectivity index (χ0n) is 19.8. The second-order valence-electron chi connectivity index (χ2n) is 9.97. The van der Waals surface area contributed by atoms with Gasteiger partial charge >= 0.3 is 12.1 Å². The van der Waals surface area contributed by atoms with E-state index in [2.05, 4.69) is 29.6 Å². The van der Waals surface area contributed by atoms with Crippen LogP contribution in [-0.2, 0) is 14.3 Å². The number of likely N-dealkylation sites (tertiary alicyclic amines) is 1. The summed E-state index contributed by atoms with van der Waals surface area (Å²) in [6.07, 6.45) is 3.47. The first kappa shape index (κ1) is 23.4. The molecular weight excluding hydrogens is 444 g/mol. The number of aliphatic carboxylic acids is 1. The van der Waals surface area contributed by atoms with E-state index in [1.165, 1.54) is 22.3 Å². The summed E-state index contributed by atoms with van der Waals surface area (Å²) >= 11 is 0. The molecule has 2 aliphatic carbocycles. The van der Waals surface area contributed by atoms with Crippen molar-refractivity contribution in [3.63, 3.8) is 0 Å². The number of ether oxygens (including phenoxy) is 1. The molecule has 1 aliphatic heterocycles. The van der Waals surface area contributed by atoms with Gasteiger partial charge in [-0.15, -0.1) is 0 Å². The quantitative estimate of drug-likeness (QED) is 0.649. The van der Waals surface area contributed by atoms with Crippen LogP contribution >= 0.6 is 0 Å². The standard InChI is InChI=1S/C28H32N2O5/c31-26(30-14-6-8-19(16-30)27(32)33)20-13-5-7-18(20)15-29-28(34)35-17-25-23-11-3-1-9-21(23)22-10-2-4-12-24(22)25/h1-4,9-12,18-20,25H,5-8,13-17H2,(H,29,34)(H,32,33)/t18-,19?,20-/m1/s1. The number of carbonyl (C=O) groups is 3. The highest BCUT2D eigenvalue weighted by atomic mass is 16.5. The minimum absolute atomic E-state index is 0.00948. The minimum Gasteiger partial charge on any atom is -0.481 e. The van der Waals surface area contributed by atoms with Crippen LogP contribution in [0.4, 0.5) is 4.79 Å². The number of amides is 2. The molecule has 1 heterocycles. The van der Waals surface area contributed by atoms with Gasteiger partial charge in [0.1, 0.15) is 6.61 Å². The van der Waals surface area contributed by atoms with Crippen LogP contribution < -0.4 is 5.32 Å². The number of benzene rings is 2.